The molecule has 2 atom stereocenters. The van der Waals surface area contributed by atoms with Gasteiger partial charge in [-0.25, -0.2) is 0 Å². The molecule has 0 saturated heterocycles. The van der Waals surface area contributed by atoms with Crippen LogP contribution in [0, 0.1) is 0 Å². The number of nitrogens with zero attached hydrogens (tertiary/aromatic N) is 1. The summed E-state index contributed by atoms with van der Waals surface area (Å²) in [6.45, 7) is 4.61. The van der Waals surface area contributed by atoms with Gasteiger partial charge in [0, 0.05) is 12.8 Å². The van der Waals surface area contributed by atoms with Crippen molar-refractivity contribution in [3.05, 3.63) is 97.2 Å². The van der Waals surface area contributed by atoms with E-state index in [2.05, 4.69) is 111 Å². The van der Waals surface area contributed by atoms with E-state index in [9.17, 15) is 19.5 Å². The van der Waals surface area contributed by atoms with E-state index in [-0.39, 0.29) is 38.6 Å². The lowest BCUT2D eigenvalue weighted by atomic mass is 10.0. The number of unbranched alkanes of at least 4 members (excludes halogenated alkanes) is 24. The normalized spacial score (nSPS) is 13.5. The number of carboxylic acids is 1. The van der Waals surface area contributed by atoms with Gasteiger partial charge in [-0.1, -0.05) is 233 Å². The van der Waals surface area contributed by atoms with Gasteiger partial charge < -0.3 is 33.3 Å². The van der Waals surface area contributed by atoms with E-state index in [1.54, 1.807) is 0 Å². The number of allylic oxidation sites excluding steroid dienone is 16. The van der Waals surface area contributed by atoms with Crippen LogP contribution in [0.2, 0.25) is 0 Å². The Morgan fingerprint density at radius 3 is 1.13 bits per heavy atom. The summed E-state index contributed by atoms with van der Waals surface area (Å²) >= 11 is 0. The fourth-order valence-corrected chi connectivity index (χ4v) is 8.16. The van der Waals surface area contributed by atoms with Crippen LogP contribution in [0.4, 0.5) is 0 Å². The van der Waals surface area contributed by atoms with E-state index in [4.69, 9.17) is 18.9 Å². The summed E-state index contributed by atoms with van der Waals surface area (Å²) in [6, 6.07) is 0. The fraction of sp³-hybridized carbons (Fsp3) is 0.712. The first-order valence-electron chi connectivity index (χ1n) is 30.4. The number of esters is 2. The molecule has 0 N–H and O–H groups in total. The van der Waals surface area contributed by atoms with Gasteiger partial charge in [0.2, 0.25) is 0 Å². The van der Waals surface area contributed by atoms with E-state index >= 15 is 0 Å². The van der Waals surface area contributed by atoms with Crippen molar-refractivity contribution in [1.29, 1.82) is 0 Å². The van der Waals surface area contributed by atoms with Crippen LogP contribution in [0.5, 0.6) is 0 Å². The van der Waals surface area contributed by atoms with Gasteiger partial charge in [0.05, 0.1) is 40.3 Å². The number of carbonyl (C=O) groups excluding carboxylic acids is 3. The maximum absolute atomic E-state index is 12.9. The minimum absolute atomic E-state index is 0.140. The fourth-order valence-electron chi connectivity index (χ4n) is 8.16. The summed E-state index contributed by atoms with van der Waals surface area (Å²) in [5.41, 5.74) is 0. The van der Waals surface area contributed by atoms with Crippen LogP contribution in [-0.4, -0.2) is 82.3 Å². The predicted octanol–water partition coefficient (Wildman–Crippen LogP) is 16.8. The molecule has 0 heterocycles. The summed E-state index contributed by atoms with van der Waals surface area (Å²) in [6.07, 6.45) is 73.1. The van der Waals surface area contributed by atoms with E-state index < -0.39 is 24.3 Å². The molecule has 0 saturated carbocycles. The minimum Gasteiger partial charge on any atom is -0.545 e. The number of carboxylic acid groups (broad SMARTS) is 1. The Hall–Kier alpha value is -3.79. The first-order valence-corrected chi connectivity index (χ1v) is 30.4. The number of ether oxygens (including phenoxy) is 4. The van der Waals surface area contributed by atoms with E-state index in [0.29, 0.717) is 17.4 Å². The molecule has 0 amide bonds. The lowest BCUT2D eigenvalue weighted by Gasteiger charge is -2.26. The Morgan fingerprint density at radius 2 is 0.760 bits per heavy atom. The molecule has 0 bridgehead atoms. The standard InChI is InChI=1S/C66H113NO8/c1-6-8-10-12-14-16-18-20-22-24-26-28-30-31-32-33-35-36-38-40-42-44-46-48-50-52-54-56-63(68)73-60-62(61-74-66(65(70)71)72-59-58-67(3,4)5)75-64(69)57-55-53-51-49-47-45-43-41-39-37-34-29-27-25-23-21-19-17-15-13-11-9-7-2/h9,11,15,17-18,20-21,23-24,26-27,29-31,37,39,62,66H,6-8,10,12-14,16,19,22,25,28,32-36,38,40-61H2,1-5H3/b11-9-,17-15-,20-18-,23-21-,26-24-,29-27-,31-30-,39-37-. The molecule has 75 heavy (non-hydrogen) atoms. The second-order valence-electron chi connectivity index (χ2n) is 21.3. The number of carbonyl (C=O) groups is 3. The van der Waals surface area contributed by atoms with Gasteiger partial charge in [-0.2, -0.15) is 0 Å². The topological polar surface area (TPSA) is 111 Å². The molecular formula is C66H113NO8. The number of likely N-dealkylation sites (N-methyl/N-ethyl adjacent to an activating group) is 1. The van der Waals surface area contributed by atoms with Crippen LogP contribution >= 0.6 is 0 Å². The van der Waals surface area contributed by atoms with Crippen molar-refractivity contribution in [2.45, 2.75) is 257 Å². The molecule has 0 radical (unpaired) electrons. The van der Waals surface area contributed by atoms with Crippen molar-refractivity contribution in [3.63, 3.8) is 0 Å². The van der Waals surface area contributed by atoms with Crippen LogP contribution in [-0.2, 0) is 33.3 Å². The molecule has 0 fully saturated rings. The van der Waals surface area contributed by atoms with Crippen LogP contribution in [0.15, 0.2) is 97.2 Å². The molecule has 0 aromatic carbocycles. The molecular weight excluding hydrogens is 935 g/mol. The smallest absolute Gasteiger partial charge is 0.306 e. The highest BCUT2D eigenvalue weighted by molar-refractivity contribution is 5.70. The molecule has 0 aliphatic rings. The van der Waals surface area contributed by atoms with Crippen molar-refractivity contribution < 1.29 is 42.9 Å². The Kier molecular flexibility index (Phi) is 53.6. The predicted molar refractivity (Wildman–Crippen MR) is 315 cm³/mol. The van der Waals surface area contributed by atoms with Crippen LogP contribution in [0.3, 0.4) is 0 Å². The lowest BCUT2D eigenvalue weighted by molar-refractivity contribution is -0.870. The molecule has 9 nitrogen and oxygen atoms in total. The Balaban J connectivity index is 4.25. The molecule has 9 heteroatoms. The van der Waals surface area contributed by atoms with Crippen molar-refractivity contribution in [1.82, 2.24) is 0 Å². The highest BCUT2D eigenvalue weighted by atomic mass is 16.7. The number of hydrogen-bond acceptors (Lipinski definition) is 8. The second kappa shape index (κ2) is 56.4. The quantitative estimate of drug-likeness (QED) is 0.0195. The summed E-state index contributed by atoms with van der Waals surface area (Å²) < 4.78 is 22.7. The number of hydrogen-bond donors (Lipinski definition) is 0. The molecule has 0 aliphatic carbocycles. The summed E-state index contributed by atoms with van der Waals surface area (Å²) in [5.74, 6) is -2.30. The number of aliphatic carboxylic acids is 1. The molecule has 2 unspecified atom stereocenters. The molecule has 430 valence electrons. The molecule has 0 aromatic rings. The SMILES string of the molecule is CC/C=C\C/C=C\C/C=C\C/C=C\C/C=C\CCCCCCCCCC(=O)OC(COC(=O)CCCCCCCCCCCCCC/C=C\C/C=C\C/C=C\CCCCCCC)COC(OCC[N+](C)(C)C)C(=O)[O-]. The van der Waals surface area contributed by atoms with Crippen molar-refractivity contribution in [2.75, 3.05) is 47.5 Å². The Bertz CT molecular complexity index is 1550. The van der Waals surface area contributed by atoms with Gasteiger partial charge in [0.1, 0.15) is 13.2 Å². The molecule has 0 aliphatic heterocycles. The summed E-state index contributed by atoms with van der Waals surface area (Å²) in [5, 5.41) is 11.8. The van der Waals surface area contributed by atoms with Gasteiger partial charge in [0.25, 0.3) is 0 Å². The summed E-state index contributed by atoms with van der Waals surface area (Å²) in [4.78, 5) is 37.4. The Labute approximate surface area is 461 Å². The third-order valence-electron chi connectivity index (χ3n) is 12.8. The van der Waals surface area contributed by atoms with Crippen molar-refractivity contribution in [2.24, 2.45) is 0 Å². The molecule has 0 spiro atoms. The zero-order chi connectivity index (χ0) is 54.8. The van der Waals surface area contributed by atoms with E-state index in [1.807, 2.05) is 21.1 Å². The van der Waals surface area contributed by atoms with Crippen LogP contribution in [0.25, 0.3) is 0 Å². The van der Waals surface area contributed by atoms with Gasteiger partial charge in [-0.05, 0) is 96.3 Å². The summed E-state index contributed by atoms with van der Waals surface area (Å²) in [7, 11) is 5.91. The molecule has 0 aromatic heterocycles. The lowest BCUT2D eigenvalue weighted by Crippen LogP contribution is -2.44. The van der Waals surface area contributed by atoms with Gasteiger partial charge in [-0.3, -0.25) is 9.59 Å². The monoisotopic (exact) mass is 1050 g/mol. The number of quaternary nitrogens is 1. The van der Waals surface area contributed by atoms with E-state index in [0.717, 1.165) is 89.9 Å². The molecule has 0 rings (SSSR count). The maximum Gasteiger partial charge on any atom is 0.306 e. The average Bonchev–Trinajstić information content (AvgIpc) is 3.38. The average molecular weight is 1050 g/mol. The van der Waals surface area contributed by atoms with Gasteiger partial charge >= 0.3 is 11.9 Å². The highest BCUT2D eigenvalue weighted by Crippen LogP contribution is 2.15. The third kappa shape index (κ3) is 57.7. The third-order valence-corrected chi connectivity index (χ3v) is 12.8. The van der Waals surface area contributed by atoms with Crippen LogP contribution in [0.1, 0.15) is 245 Å². The first kappa shape index (κ1) is 71.2. The second-order valence-corrected chi connectivity index (χ2v) is 21.3. The van der Waals surface area contributed by atoms with Gasteiger partial charge in [-0.15, -0.1) is 0 Å². The largest absolute Gasteiger partial charge is 0.545 e. The highest BCUT2D eigenvalue weighted by Gasteiger charge is 2.22. The number of rotatable bonds is 55. The van der Waals surface area contributed by atoms with Crippen LogP contribution < -0.4 is 5.11 Å². The zero-order valence-electron chi connectivity index (χ0n) is 48.9. The maximum atomic E-state index is 12.9. The van der Waals surface area contributed by atoms with Gasteiger partial charge in [0.15, 0.2) is 12.4 Å². The first-order chi connectivity index (χ1) is 36.6. The van der Waals surface area contributed by atoms with Crippen molar-refractivity contribution in [3.8, 4) is 0 Å². The van der Waals surface area contributed by atoms with E-state index in [1.165, 1.54) is 122 Å². The minimum atomic E-state index is -1.63. The van der Waals surface area contributed by atoms with Crippen molar-refractivity contribution >= 4 is 17.9 Å². The Morgan fingerprint density at radius 1 is 0.413 bits per heavy atom. The zero-order valence-corrected chi connectivity index (χ0v) is 48.9.